The van der Waals surface area contributed by atoms with Crippen LogP contribution in [0.4, 0.5) is 0 Å². The average Bonchev–Trinajstić information content (AvgIpc) is 2.72. The summed E-state index contributed by atoms with van der Waals surface area (Å²) in [7, 11) is 0. The minimum absolute atomic E-state index is 0. The maximum absolute atomic E-state index is 12.1. The van der Waals surface area contributed by atoms with Gasteiger partial charge in [-0.1, -0.05) is 118 Å². The van der Waals surface area contributed by atoms with Gasteiger partial charge in [0.2, 0.25) is 0 Å². The molecule has 0 aromatic heterocycles. The van der Waals surface area contributed by atoms with Crippen molar-refractivity contribution in [3.05, 3.63) is 70.8 Å². The molecule has 0 spiro atoms. The zero-order valence-electron chi connectivity index (χ0n) is 21.6. The lowest BCUT2D eigenvalue weighted by Gasteiger charge is -2.26. The van der Waals surface area contributed by atoms with Crippen LogP contribution >= 0.6 is 0 Å². The first-order chi connectivity index (χ1) is 14.7. The van der Waals surface area contributed by atoms with Crippen molar-refractivity contribution in [1.82, 2.24) is 0 Å². The highest BCUT2D eigenvalue weighted by atomic mass is 16.1. The van der Waals surface area contributed by atoms with Gasteiger partial charge in [0.1, 0.15) is 0 Å². The highest BCUT2D eigenvalue weighted by molar-refractivity contribution is 5.99. The number of benzene rings is 2. The molecule has 0 fully saturated rings. The van der Waals surface area contributed by atoms with Gasteiger partial charge in [-0.3, -0.25) is 9.59 Å². The van der Waals surface area contributed by atoms with Gasteiger partial charge in [-0.05, 0) is 23.0 Å². The zero-order chi connectivity index (χ0) is 24.7. The van der Waals surface area contributed by atoms with Crippen molar-refractivity contribution in [2.75, 3.05) is 6.54 Å². The van der Waals surface area contributed by atoms with Gasteiger partial charge in [0.25, 0.3) is 0 Å². The Morgan fingerprint density at radius 2 is 1.18 bits per heavy atom. The second kappa shape index (κ2) is 12.8. The van der Waals surface area contributed by atoms with Crippen LogP contribution in [0.3, 0.4) is 0 Å². The summed E-state index contributed by atoms with van der Waals surface area (Å²) in [5, 5.41) is 0. The van der Waals surface area contributed by atoms with Crippen molar-refractivity contribution in [1.29, 1.82) is 0 Å². The summed E-state index contributed by atoms with van der Waals surface area (Å²) in [4.78, 5) is 24.1. The molecular weight excluding hydrogens is 406 g/mol. The summed E-state index contributed by atoms with van der Waals surface area (Å²) < 4.78 is 0. The first-order valence-corrected chi connectivity index (χ1v) is 11.7. The predicted octanol–water partition coefficient (Wildman–Crippen LogP) is 7.51. The van der Waals surface area contributed by atoms with Crippen LogP contribution in [0.5, 0.6) is 0 Å². The van der Waals surface area contributed by atoms with Gasteiger partial charge in [-0.25, -0.2) is 0 Å². The van der Waals surface area contributed by atoms with E-state index >= 15 is 0 Å². The Balaban J connectivity index is 0.000000602. The molecule has 0 saturated carbocycles. The molecule has 0 saturated heterocycles. The molecule has 0 unspecified atom stereocenters. The Kier molecular flexibility index (Phi) is 12.0. The first-order valence-electron chi connectivity index (χ1n) is 11.7. The Labute approximate surface area is 203 Å². The van der Waals surface area contributed by atoms with Crippen LogP contribution in [0.15, 0.2) is 48.5 Å². The number of hydrogen-bond acceptors (Lipinski definition) is 3. The van der Waals surface area contributed by atoms with E-state index in [-0.39, 0.29) is 41.7 Å². The molecule has 0 bridgehead atoms. The minimum atomic E-state index is -0.152. The molecule has 0 heterocycles. The van der Waals surface area contributed by atoms with E-state index in [1.807, 2.05) is 70.2 Å². The maximum atomic E-state index is 12.1. The van der Waals surface area contributed by atoms with Gasteiger partial charge < -0.3 is 5.73 Å². The molecule has 2 N–H and O–H groups in total. The smallest absolute Gasteiger partial charge is 0.165 e. The molecule has 0 aliphatic heterocycles. The molecule has 0 amide bonds. The largest absolute Gasteiger partial charge is 0.330 e. The van der Waals surface area contributed by atoms with Gasteiger partial charge in [0, 0.05) is 34.9 Å². The van der Waals surface area contributed by atoms with E-state index in [9.17, 15) is 9.59 Å². The molecule has 0 aliphatic carbocycles. The van der Waals surface area contributed by atoms with Crippen molar-refractivity contribution >= 4 is 11.6 Å². The highest BCUT2D eigenvalue weighted by Crippen LogP contribution is 2.27. The van der Waals surface area contributed by atoms with Crippen LogP contribution in [0, 0.1) is 17.3 Å². The van der Waals surface area contributed by atoms with E-state index in [0.717, 1.165) is 23.1 Å². The first kappa shape index (κ1) is 30.7. The Hall–Kier alpha value is -2.26. The molecule has 0 aliphatic rings. The number of Topliss-reactive ketones (excluding diaryl/α,β-unsaturated/α-hetero) is 2. The lowest BCUT2D eigenvalue weighted by atomic mass is 9.80. The fraction of sp³-hybridized carbons (Fsp3) is 0.533. The fourth-order valence-electron chi connectivity index (χ4n) is 3.51. The van der Waals surface area contributed by atoms with Crippen LogP contribution in [-0.2, 0) is 11.8 Å². The lowest BCUT2D eigenvalue weighted by Crippen LogP contribution is -2.30. The third kappa shape index (κ3) is 9.25. The molecule has 2 aromatic carbocycles. The van der Waals surface area contributed by atoms with Crippen LogP contribution in [0.2, 0.25) is 0 Å². The monoisotopic (exact) mass is 453 g/mol. The van der Waals surface area contributed by atoms with Crippen molar-refractivity contribution in [3.8, 4) is 0 Å². The standard InChI is InChI=1S/C15H22O.C14H21NO.CH4/c1-11(2)14(16)13-9-7-6-8-12(13)10-15(3,4)5;1-10(2)13(16)11-7-5-6-8-12(11)14(3,4)9-15;/h6-9,11H,10H2,1-5H3;5-8,10H,9,15H2,1-4H3;1H4. The topological polar surface area (TPSA) is 60.2 Å². The Morgan fingerprint density at radius 3 is 1.64 bits per heavy atom. The SMILES string of the molecule is C.CC(C)C(=O)c1ccccc1C(C)(C)CN.CC(C)C(=O)c1ccccc1CC(C)(C)C. The van der Waals surface area contributed by atoms with Crippen molar-refractivity contribution in [2.24, 2.45) is 23.0 Å². The van der Waals surface area contributed by atoms with Gasteiger partial charge >= 0.3 is 0 Å². The molecular formula is C30H47NO2. The quantitative estimate of drug-likeness (QED) is 0.441. The molecule has 0 radical (unpaired) electrons. The van der Waals surface area contributed by atoms with Gasteiger partial charge in [-0.15, -0.1) is 0 Å². The summed E-state index contributed by atoms with van der Waals surface area (Å²) >= 11 is 0. The van der Waals surface area contributed by atoms with Gasteiger partial charge in [0.15, 0.2) is 11.6 Å². The summed E-state index contributed by atoms with van der Waals surface area (Å²) in [5.41, 5.74) is 9.77. The molecule has 0 atom stereocenters. The van der Waals surface area contributed by atoms with Gasteiger partial charge in [-0.2, -0.15) is 0 Å². The number of carbonyl (C=O) groups is 2. The number of hydrogen-bond donors (Lipinski definition) is 1. The molecule has 2 aromatic rings. The number of nitrogens with two attached hydrogens (primary N) is 1. The van der Waals surface area contributed by atoms with Crippen LogP contribution in [0.1, 0.15) is 102 Å². The third-order valence-electron chi connectivity index (χ3n) is 5.48. The summed E-state index contributed by atoms with van der Waals surface area (Å²) in [5.74, 6) is 0.535. The molecule has 3 heteroatoms. The van der Waals surface area contributed by atoms with Gasteiger partial charge in [0.05, 0.1) is 0 Å². The van der Waals surface area contributed by atoms with E-state index in [0.29, 0.717) is 6.54 Å². The highest BCUT2D eigenvalue weighted by Gasteiger charge is 2.25. The summed E-state index contributed by atoms with van der Waals surface area (Å²) in [6.45, 7) is 19.0. The Bertz CT molecular complexity index is 902. The predicted molar refractivity (Wildman–Crippen MR) is 143 cm³/mol. The normalized spacial score (nSPS) is 11.5. The second-order valence-corrected chi connectivity index (χ2v) is 11.1. The molecule has 2 rings (SSSR count). The van der Waals surface area contributed by atoms with Crippen molar-refractivity contribution in [3.63, 3.8) is 0 Å². The molecule has 184 valence electrons. The maximum Gasteiger partial charge on any atom is 0.165 e. The number of carbonyl (C=O) groups excluding carboxylic acids is 2. The van der Waals surface area contributed by atoms with E-state index in [2.05, 4.69) is 40.7 Å². The lowest BCUT2D eigenvalue weighted by molar-refractivity contribution is 0.0930. The van der Waals surface area contributed by atoms with E-state index < -0.39 is 0 Å². The summed E-state index contributed by atoms with van der Waals surface area (Å²) in [6, 6.07) is 15.7. The third-order valence-corrected chi connectivity index (χ3v) is 5.48. The van der Waals surface area contributed by atoms with Crippen LogP contribution in [-0.4, -0.2) is 18.1 Å². The fourth-order valence-corrected chi connectivity index (χ4v) is 3.51. The van der Waals surface area contributed by atoms with Crippen LogP contribution in [0.25, 0.3) is 0 Å². The average molecular weight is 454 g/mol. The second-order valence-electron chi connectivity index (χ2n) is 11.1. The number of ketones is 2. The molecule has 33 heavy (non-hydrogen) atoms. The van der Waals surface area contributed by atoms with E-state index in [1.165, 1.54) is 5.56 Å². The zero-order valence-corrected chi connectivity index (χ0v) is 21.6. The van der Waals surface area contributed by atoms with Crippen molar-refractivity contribution < 1.29 is 9.59 Å². The van der Waals surface area contributed by atoms with Crippen molar-refractivity contribution in [2.45, 2.75) is 81.6 Å². The number of rotatable bonds is 7. The van der Waals surface area contributed by atoms with Crippen LogP contribution < -0.4 is 5.73 Å². The molecule has 3 nitrogen and oxygen atoms in total. The Morgan fingerprint density at radius 1 is 0.758 bits per heavy atom. The van der Waals surface area contributed by atoms with E-state index in [1.54, 1.807) is 0 Å². The minimum Gasteiger partial charge on any atom is -0.330 e. The summed E-state index contributed by atoms with van der Waals surface area (Å²) in [6.07, 6.45) is 0.946. The van der Waals surface area contributed by atoms with E-state index in [4.69, 9.17) is 5.73 Å².